The summed E-state index contributed by atoms with van der Waals surface area (Å²) >= 11 is 3.83. The van der Waals surface area contributed by atoms with E-state index >= 15 is 0 Å². The van der Waals surface area contributed by atoms with Gasteiger partial charge in [0.2, 0.25) is 6.39 Å². The van der Waals surface area contributed by atoms with E-state index in [0.717, 1.165) is 0 Å². The number of carbonyl (C=O) groups excluding carboxylic acids is 2. The maximum absolute atomic E-state index is 12.7. The van der Waals surface area contributed by atoms with Crippen molar-refractivity contribution >= 4 is 68.8 Å². The van der Waals surface area contributed by atoms with E-state index in [0.29, 0.717) is 21.4 Å². The topological polar surface area (TPSA) is 143 Å². The molecule has 30 heavy (non-hydrogen) atoms. The van der Waals surface area contributed by atoms with Gasteiger partial charge >= 0.3 is 5.97 Å². The monoisotopic (exact) mass is 484 g/mol. The molecule has 0 saturated carbocycles. The summed E-state index contributed by atoms with van der Waals surface area (Å²) in [5.41, 5.74) is 0.452. The van der Waals surface area contributed by atoms with Crippen LogP contribution in [0, 0.1) is 0 Å². The van der Waals surface area contributed by atoms with E-state index in [1.54, 1.807) is 17.5 Å². The Balaban J connectivity index is 1.49. The van der Waals surface area contributed by atoms with Crippen LogP contribution in [-0.2, 0) is 25.6 Å². The summed E-state index contributed by atoms with van der Waals surface area (Å²) in [5, 5.41) is 21.0. The number of hydrogen-bond acceptors (Lipinski definition) is 10. The molecule has 1 saturated heterocycles. The Labute approximate surface area is 185 Å². The lowest BCUT2D eigenvalue weighted by molar-refractivity contribution is -0.150. The molecule has 10 nitrogen and oxygen atoms in total. The summed E-state index contributed by atoms with van der Waals surface area (Å²) in [4.78, 5) is 38.7. The molecule has 0 radical (unpaired) electrons. The number of nitrogens with zero attached hydrogens (tertiary/aromatic N) is 3. The van der Waals surface area contributed by atoms with Gasteiger partial charge in [0.05, 0.1) is 4.88 Å². The van der Waals surface area contributed by atoms with Gasteiger partial charge in [0.15, 0.2) is 0 Å². The molecule has 4 heterocycles. The summed E-state index contributed by atoms with van der Waals surface area (Å²) in [6, 6.07) is 2.46. The van der Waals surface area contributed by atoms with Crippen molar-refractivity contribution in [1.82, 2.24) is 20.4 Å². The van der Waals surface area contributed by atoms with E-state index in [1.807, 2.05) is 0 Å². The van der Waals surface area contributed by atoms with Crippen LogP contribution in [0.4, 0.5) is 0 Å². The molecular weight excluding hydrogens is 472 g/mol. The average Bonchev–Trinajstić information content (AvgIpc) is 3.44. The first-order valence-corrected chi connectivity index (χ1v) is 12.0. The molecule has 2 aliphatic rings. The van der Waals surface area contributed by atoms with Gasteiger partial charge in [-0.1, -0.05) is 17.8 Å². The Hall–Kier alpha value is -2.42. The highest BCUT2D eigenvalue weighted by molar-refractivity contribution is 8.01. The minimum atomic E-state index is -1.22. The minimum Gasteiger partial charge on any atom is -0.477 e. The zero-order valence-corrected chi connectivity index (χ0v) is 18.1. The number of carboxylic acid groups (broad SMARTS) is 1. The fraction of sp³-hybridized carbons (Fsp3) is 0.250. The van der Waals surface area contributed by atoms with E-state index in [9.17, 15) is 23.7 Å². The predicted molar refractivity (Wildman–Crippen MR) is 111 cm³/mol. The van der Waals surface area contributed by atoms with Crippen LogP contribution in [0.2, 0.25) is 0 Å². The van der Waals surface area contributed by atoms with E-state index < -0.39 is 29.2 Å². The maximum Gasteiger partial charge on any atom is 0.352 e. The third-order valence-electron chi connectivity index (χ3n) is 4.28. The lowest BCUT2D eigenvalue weighted by atomic mass is 10.0. The highest BCUT2D eigenvalue weighted by Gasteiger charge is 2.54. The van der Waals surface area contributed by atoms with Gasteiger partial charge in [-0.25, -0.2) is 9.00 Å². The number of carbonyl (C=O) groups is 3. The Kier molecular flexibility index (Phi) is 6.08. The zero-order valence-electron chi connectivity index (χ0n) is 14.8. The van der Waals surface area contributed by atoms with Crippen molar-refractivity contribution in [3.63, 3.8) is 0 Å². The molecule has 2 aliphatic heterocycles. The van der Waals surface area contributed by atoms with Gasteiger partial charge < -0.3 is 14.8 Å². The van der Waals surface area contributed by atoms with Gasteiger partial charge in [-0.05, 0) is 17.0 Å². The van der Waals surface area contributed by atoms with E-state index in [4.69, 9.17) is 4.42 Å². The summed E-state index contributed by atoms with van der Waals surface area (Å²) in [6.45, 7) is 0. The smallest absolute Gasteiger partial charge is 0.352 e. The number of aliphatic carboxylic acids is 1. The van der Waals surface area contributed by atoms with Gasteiger partial charge in [-0.2, -0.15) is 0 Å². The molecule has 0 bridgehead atoms. The molecular formula is C16H12N4O6S4. The molecule has 0 aromatic carbocycles. The number of fused-ring (bicyclic) bond motifs is 1. The van der Waals surface area contributed by atoms with Gasteiger partial charge in [0, 0.05) is 11.5 Å². The quantitative estimate of drug-likeness (QED) is 0.245. The van der Waals surface area contributed by atoms with Crippen molar-refractivity contribution < 1.29 is 28.1 Å². The largest absolute Gasteiger partial charge is 0.477 e. The first-order valence-electron chi connectivity index (χ1n) is 8.31. The lowest BCUT2D eigenvalue weighted by Gasteiger charge is -2.49. The van der Waals surface area contributed by atoms with Gasteiger partial charge in [0.25, 0.3) is 17.0 Å². The number of aromatic nitrogens is 2. The summed E-state index contributed by atoms with van der Waals surface area (Å²) in [5.74, 6) is -1.76. The van der Waals surface area contributed by atoms with Gasteiger partial charge in [-0.15, -0.1) is 33.3 Å². The van der Waals surface area contributed by atoms with Crippen LogP contribution in [0.25, 0.3) is 0 Å². The van der Waals surface area contributed by atoms with E-state index in [-0.39, 0.29) is 27.6 Å². The van der Waals surface area contributed by atoms with Crippen LogP contribution in [0.1, 0.15) is 4.88 Å². The number of β-lactam (4-membered cyclic amide) rings is 1. The van der Waals surface area contributed by atoms with E-state index in [1.165, 1.54) is 46.2 Å². The Morgan fingerprint density at radius 3 is 2.90 bits per heavy atom. The van der Waals surface area contributed by atoms with Crippen LogP contribution in [0.5, 0.6) is 0 Å². The first-order chi connectivity index (χ1) is 14.5. The lowest BCUT2D eigenvalue weighted by Crippen LogP contribution is -2.71. The number of hydrogen-bond donors (Lipinski definition) is 2. The average molecular weight is 485 g/mol. The van der Waals surface area contributed by atoms with Crippen LogP contribution < -0.4 is 5.32 Å². The Bertz CT molecular complexity index is 1080. The number of thiophene rings is 1. The van der Waals surface area contributed by atoms with Crippen molar-refractivity contribution in [1.29, 1.82) is 0 Å². The fourth-order valence-electron chi connectivity index (χ4n) is 2.97. The second-order valence-electron chi connectivity index (χ2n) is 6.00. The molecule has 156 valence electrons. The van der Waals surface area contributed by atoms with Gasteiger partial charge in [0.1, 0.15) is 33.2 Å². The van der Waals surface area contributed by atoms with Crippen molar-refractivity contribution in [2.45, 2.75) is 16.6 Å². The SMILES string of the molecule is O=S=C(C(=O)NC1C(=O)N2C(C(=O)O)=C(CSc3nnco3)CS[C@H]12)c1cccs1. The molecule has 4 rings (SSSR count). The zero-order chi connectivity index (χ0) is 21.3. The molecule has 0 spiro atoms. The minimum absolute atomic E-state index is 0.0253. The third kappa shape index (κ3) is 3.82. The van der Waals surface area contributed by atoms with Crippen molar-refractivity contribution in [2.75, 3.05) is 11.5 Å². The van der Waals surface area contributed by atoms with Crippen molar-refractivity contribution in [2.24, 2.45) is 0 Å². The van der Waals surface area contributed by atoms with Crippen LogP contribution in [0.3, 0.4) is 0 Å². The number of nitrogens with one attached hydrogen (secondary N) is 1. The molecule has 1 unspecified atom stereocenters. The maximum atomic E-state index is 12.7. The molecule has 14 heteroatoms. The number of rotatable bonds is 7. The second kappa shape index (κ2) is 8.75. The first kappa shape index (κ1) is 20.8. The molecule has 2 atom stereocenters. The molecule has 2 N–H and O–H groups in total. The predicted octanol–water partition coefficient (Wildman–Crippen LogP) is 0.396. The Morgan fingerprint density at radius 2 is 2.27 bits per heavy atom. The standard InChI is InChI=1S/C16H12N4O6S4/c21-12(11(30-25)8-2-1-3-27-8)18-9-13(22)20-10(15(23)24)7(4-28-14(9)20)5-29-16-19-17-6-26-16/h1-3,6,9,14H,4-5H2,(H,18,21)(H,23,24)/t9?,14-/m1/s1. The summed E-state index contributed by atoms with van der Waals surface area (Å²) in [7, 11) is 0. The highest BCUT2D eigenvalue weighted by atomic mass is 32.2. The molecule has 2 aromatic heterocycles. The van der Waals surface area contributed by atoms with E-state index in [2.05, 4.69) is 15.5 Å². The van der Waals surface area contributed by atoms with Crippen LogP contribution in [-0.4, -0.2) is 70.0 Å². The third-order valence-corrected chi connectivity index (χ3v) is 8.13. The number of thioether (sulfide) groups is 2. The van der Waals surface area contributed by atoms with Crippen molar-refractivity contribution in [3.05, 3.63) is 40.1 Å². The normalized spacial score (nSPS) is 20.4. The number of carboxylic acids is 1. The summed E-state index contributed by atoms with van der Waals surface area (Å²) in [6.07, 6.45) is 1.17. The highest BCUT2D eigenvalue weighted by Crippen LogP contribution is 2.41. The Morgan fingerprint density at radius 1 is 1.43 bits per heavy atom. The second-order valence-corrected chi connectivity index (χ2v) is 9.56. The summed E-state index contributed by atoms with van der Waals surface area (Å²) < 4.78 is 16.4. The molecule has 2 aromatic rings. The molecule has 2 amide bonds. The van der Waals surface area contributed by atoms with Crippen LogP contribution in [0.15, 0.2) is 44.8 Å². The van der Waals surface area contributed by atoms with Gasteiger partial charge in [-0.3, -0.25) is 14.5 Å². The molecule has 0 aliphatic carbocycles. The number of amides is 2. The fourth-order valence-corrected chi connectivity index (χ4v) is 6.39. The molecule has 1 fully saturated rings. The van der Waals surface area contributed by atoms with Crippen molar-refractivity contribution in [3.8, 4) is 0 Å². The van der Waals surface area contributed by atoms with Crippen LogP contribution >= 0.6 is 34.9 Å².